The van der Waals surface area contributed by atoms with Gasteiger partial charge in [-0.25, -0.2) is 4.98 Å². The van der Waals surface area contributed by atoms with Crippen LogP contribution in [0.2, 0.25) is 0 Å². The van der Waals surface area contributed by atoms with Crippen molar-refractivity contribution >= 4 is 5.78 Å². The van der Waals surface area contributed by atoms with Crippen molar-refractivity contribution < 1.29 is 4.79 Å². The number of rotatable bonds is 4. The van der Waals surface area contributed by atoms with Crippen LogP contribution in [0.15, 0.2) is 42.7 Å². The molecule has 0 spiro atoms. The third kappa shape index (κ3) is 3.96. The van der Waals surface area contributed by atoms with Gasteiger partial charge in [-0.2, -0.15) is 0 Å². The topological polar surface area (TPSA) is 54.9 Å². The molecule has 20 heavy (non-hydrogen) atoms. The molecule has 2 aromatic heterocycles. The molecular formula is C16H19N3O. The van der Waals surface area contributed by atoms with Crippen LogP contribution in [-0.2, 0) is 0 Å². The number of nitrogens with one attached hydrogen (secondary N) is 1. The van der Waals surface area contributed by atoms with Gasteiger partial charge >= 0.3 is 0 Å². The summed E-state index contributed by atoms with van der Waals surface area (Å²) in [6.07, 6.45) is 3.45. The van der Waals surface area contributed by atoms with Crippen LogP contribution in [0.5, 0.6) is 0 Å². The highest BCUT2D eigenvalue weighted by atomic mass is 16.1. The molecular weight excluding hydrogens is 250 g/mol. The molecule has 0 atom stereocenters. The summed E-state index contributed by atoms with van der Waals surface area (Å²) in [5.41, 5.74) is 2.06. The molecule has 0 radical (unpaired) electrons. The molecule has 0 aliphatic carbocycles. The van der Waals surface area contributed by atoms with Crippen molar-refractivity contribution in [3.05, 3.63) is 48.4 Å². The van der Waals surface area contributed by atoms with E-state index in [2.05, 4.69) is 15.3 Å². The first-order valence-corrected chi connectivity index (χ1v) is 6.61. The van der Waals surface area contributed by atoms with E-state index in [4.69, 9.17) is 0 Å². The first-order valence-electron chi connectivity index (χ1n) is 6.61. The SMILES string of the molecule is CC(C)(C)NCC(=O)c1cccc(-c2cccnc2)n1. The minimum atomic E-state index is -0.0867. The molecule has 0 aliphatic rings. The second-order valence-electron chi connectivity index (χ2n) is 5.68. The number of pyridine rings is 2. The number of carbonyl (C=O) groups excluding carboxylic acids is 1. The molecule has 1 N–H and O–H groups in total. The van der Waals surface area contributed by atoms with E-state index in [1.165, 1.54) is 0 Å². The summed E-state index contributed by atoms with van der Waals surface area (Å²) in [6.45, 7) is 6.37. The van der Waals surface area contributed by atoms with Crippen LogP contribution in [0, 0.1) is 0 Å². The zero-order valence-electron chi connectivity index (χ0n) is 12.1. The Morgan fingerprint density at radius 2 is 2.00 bits per heavy atom. The average Bonchev–Trinajstić information content (AvgIpc) is 2.45. The maximum absolute atomic E-state index is 12.1. The highest BCUT2D eigenvalue weighted by Gasteiger charge is 2.14. The summed E-state index contributed by atoms with van der Waals surface area (Å²) in [7, 11) is 0. The molecule has 2 heterocycles. The maximum atomic E-state index is 12.1. The normalized spacial score (nSPS) is 11.3. The smallest absolute Gasteiger partial charge is 0.194 e. The summed E-state index contributed by atoms with van der Waals surface area (Å²) >= 11 is 0. The molecule has 0 aliphatic heterocycles. The zero-order chi connectivity index (χ0) is 14.6. The third-order valence-corrected chi connectivity index (χ3v) is 2.77. The van der Waals surface area contributed by atoms with Crippen molar-refractivity contribution in [2.24, 2.45) is 0 Å². The largest absolute Gasteiger partial charge is 0.305 e. The predicted octanol–water partition coefficient (Wildman–Crippen LogP) is 2.71. The number of ketones is 1. The molecule has 0 fully saturated rings. The van der Waals surface area contributed by atoms with Gasteiger partial charge in [0, 0.05) is 23.5 Å². The molecule has 0 unspecified atom stereocenters. The van der Waals surface area contributed by atoms with E-state index in [1.807, 2.05) is 45.0 Å². The Hall–Kier alpha value is -2.07. The Labute approximate surface area is 119 Å². The summed E-state index contributed by atoms with van der Waals surface area (Å²) < 4.78 is 0. The van der Waals surface area contributed by atoms with Gasteiger partial charge in [-0.1, -0.05) is 6.07 Å². The fourth-order valence-electron chi connectivity index (χ4n) is 1.70. The van der Waals surface area contributed by atoms with Crippen molar-refractivity contribution in [2.45, 2.75) is 26.3 Å². The van der Waals surface area contributed by atoms with Crippen molar-refractivity contribution in [1.29, 1.82) is 0 Å². The van der Waals surface area contributed by atoms with Crippen LogP contribution in [0.3, 0.4) is 0 Å². The molecule has 0 saturated carbocycles. The molecule has 4 nitrogen and oxygen atoms in total. The molecule has 2 aromatic rings. The van der Waals surface area contributed by atoms with E-state index in [0.717, 1.165) is 11.3 Å². The van der Waals surface area contributed by atoms with E-state index in [0.29, 0.717) is 5.69 Å². The lowest BCUT2D eigenvalue weighted by Gasteiger charge is -2.19. The Morgan fingerprint density at radius 3 is 2.65 bits per heavy atom. The van der Waals surface area contributed by atoms with E-state index >= 15 is 0 Å². The second kappa shape index (κ2) is 5.92. The molecule has 0 saturated heterocycles. The number of hydrogen-bond donors (Lipinski definition) is 1. The molecule has 0 aromatic carbocycles. The van der Waals surface area contributed by atoms with Gasteiger partial charge < -0.3 is 5.32 Å². The number of Topliss-reactive ketones (excluding diaryl/α,β-unsaturated/α-hetero) is 1. The minimum Gasteiger partial charge on any atom is -0.305 e. The van der Waals surface area contributed by atoms with Gasteiger partial charge in [-0.15, -0.1) is 0 Å². The first-order chi connectivity index (χ1) is 9.46. The van der Waals surface area contributed by atoms with E-state index < -0.39 is 0 Å². The van der Waals surface area contributed by atoms with Crippen LogP contribution in [0.4, 0.5) is 0 Å². The molecule has 0 bridgehead atoms. The van der Waals surface area contributed by atoms with Gasteiger partial charge in [0.2, 0.25) is 0 Å². The lowest BCUT2D eigenvalue weighted by molar-refractivity contribution is 0.0977. The summed E-state index contributed by atoms with van der Waals surface area (Å²) in [4.78, 5) is 20.6. The maximum Gasteiger partial charge on any atom is 0.194 e. The van der Waals surface area contributed by atoms with E-state index in [-0.39, 0.29) is 17.9 Å². The molecule has 2 rings (SSSR count). The zero-order valence-corrected chi connectivity index (χ0v) is 12.1. The van der Waals surface area contributed by atoms with Gasteiger partial charge in [-0.05, 0) is 45.0 Å². The van der Waals surface area contributed by atoms with E-state index in [1.54, 1.807) is 18.5 Å². The average molecular weight is 269 g/mol. The third-order valence-electron chi connectivity index (χ3n) is 2.77. The lowest BCUT2D eigenvalue weighted by atomic mass is 10.1. The van der Waals surface area contributed by atoms with Gasteiger partial charge in [0.1, 0.15) is 5.69 Å². The number of carbonyl (C=O) groups is 1. The summed E-state index contributed by atoms with van der Waals surface area (Å²) in [5.74, 6) is -0.00864. The monoisotopic (exact) mass is 269 g/mol. The van der Waals surface area contributed by atoms with Gasteiger partial charge in [0.05, 0.1) is 12.2 Å². The van der Waals surface area contributed by atoms with Crippen molar-refractivity contribution in [2.75, 3.05) is 6.54 Å². The van der Waals surface area contributed by atoms with Crippen molar-refractivity contribution in [3.63, 3.8) is 0 Å². The van der Waals surface area contributed by atoms with Crippen molar-refractivity contribution in [1.82, 2.24) is 15.3 Å². The Balaban J connectivity index is 2.16. The quantitative estimate of drug-likeness (QED) is 0.867. The first kappa shape index (κ1) is 14.3. The van der Waals surface area contributed by atoms with Crippen LogP contribution in [0.1, 0.15) is 31.3 Å². The van der Waals surface area contributed by atoms with Crippen LogP contribution >= 0.6 is 0 Å². The Bertz CT molecular complexity index is 588. The Kier molecular flexibility index (Phi) is 4.25. The van der Waals surface area contributed by atoms with Gasteiger partial charge in [0.15, 0.2) is 5.78 Å². The highest BCUT2D eigenvalue weighted by Crippen LogP contribution is 2.15. The molecule has 4 heteroatoms. The van der Waals surface area contributed by atoms with Crippen LogP contribution < -0.4 is 5.32 Å². The number of hydrogen-bond acceptors (Lipinski definition) is 4. The highest BCUT2D eigenvalue weighted by molar-refractivity contribution is 5.96. The predicted molar refractivity (Wildman–Crippen MR) is 79.6 cm³/mol. The van der Waals surface area contributed by atoms with Gasteiger partial charge in [-0.3, -0.25) is 9.78 Å². The standard InChI is InChI=1S/C16H19N3O/c1-16(2,3)18-11-15(20)14-8-4-7-13(19-14)12-6-5-9-17-10-12/h4-10,18H,11H2,1-3H3. The van der Waals surface area contributed by atoms with Crippen LogP contribution in [0.25, 0.3) is 11.3 Å². The minimum absolute atomic E-state index is 0.00864. The van der Waals surface area contributed by atoms with Crippen LogP contribution in [-0.4, -0.2) is 27.8 Å². The Morgan fingerprint density at radius 1 is 1.20 bits per heavy atom. The summed E-state index contributed by atoms with van der Waals surface area (Å²) in [6, 6.07) is 9.25. The van der Waals surface area contributed by atoms with E-state index in [9.17, 15) is 4.79 Å². The van der Waals surface area contributed by atoms with Crippen molar-refractivity contribution in [3.8, 4) is 11.3 Å². The fourth-order valence-corrected chi connectivity index (χ4v) is 1.70. The van der Waals surface area contributed by atoms with Gasteiger partial charge in [0.25, 0.3) is 0 Å². The summed E-state index contributed by atoms with van der Waals surface area (Å²) in [5, 5.41) is 3.18. The molecule has 0 amide bonds. The fraction of sp³-hybridized carbons (Fsp3) is 0.312. The molecule has 104 valence electrons. The number of nitrogens with zero attached hydrogens (tertiary/aromatic N) is 2. The lowest BCUT2D eigenvalue weighted by Crippen LogP contribution is -2.39. The number of aromatic nitrogens is 2. The second-order valence-corrected chi connectivity index (χ2v) is 5.68.